The molecule has 0 bridgehead atoms. The summed E-state index contributed by atoms with van der Waals surface area (Å²) >= 11 is 2.42. The number of benzene rings is 10. The van der Waals surface area contributed by atoms with Crippen molar-refractivity contribution in [2.75, 3.05) is 66.1 Å². The number of aromatic nitrogens is 15. The lowest BCUT2D eigenvalue weighted by Crippen LogP contribution is -2.47. The highest BCUT2D eigenvalue weighted by molar-refractivity contribution is 14.1. The molecular formula is C110H110F5IN18O7. The van der Waals surface area contributed by atoms with Crippen LogP contribution in [0, 0.1) is 67.3 Å². The maximum absolute atomic E-state index is 14.1. The number of aromatic amines is 5. The van der Waals surface area contributed by atoms with Crippen molar-refractivity contribution in [3.05, 3.63) is 294 Å². The van der Waals surface area contributed by atoms with E-state index in [1.54, 1.807) is 109 Å². The van der Waals surface area contributed by atoms with Crippen LogP contribution in [0.15, 0.2) is 183 Å². The Hall–Kier alpha value is -14.6. The van der Waals surface area contributed by atoms with Crippen molar-refractivity contribution in [1.82, 2.24) is 88.5 Å². The van der Waals surface area contributed by atoms with E-state index in [9.17, 15) is 46.2 Å². The molecule has 0 radical (unpaired) electrons. The fraction of sp³-hybridized carbons (Fsp3) is 0.282. The molecule has 31 heteroatoms. The number of carboxylic acids is 1. The molecule has 25 nitrogen and oxygen atoms in total. The predicted molar refractivity (Wildman–Crippen MR) is 554 cm³/mol. The molecule has 2 saturated heterocycles. The molecule has 20 aromatic rings. The number of ether oxygens (including phenoxy) is 2. The first-order chi connectivity index (χ1) is 67.6. The van der Waals surface area contributed by atoms with E-state index in [2.05, 4.69) is 165 Å². The molecule has 22 rings (SSSR count). The van der Waals surface area contributed by atoms with Crippen molar-refractivity contribution in [2.24, 2.45) is 0 Å². The SMILES string of the molecule is CCOC(=O)c1c(C(C)C)n(-c2ccc(F)c(C)c2)c2cc3cn[nH]c3cc12.Cc1cc(-n2c(C(C)C)c(C(=O)N3CCN(C)CC3)c3cc4[nH]ncc4cc32)ccc1F.Cc1cc(-n2c(C(C)C)c(C(=O)N3CCOCC3)c3cc4[nH]ncc4cc32)ccc1F.Cc1cc(-n2c(C(C)C)c(C(=O)O)c3cc4[nH]ncc4cc32)ccc1F.Cc1cc(-n2c(C(C)C)c(I)c3cc4[nH]ncc4cc32)ccc1F. The molecule has 12 heterocycles. The first kappa shape index (κ1) is 96.7. The van der Waals surface area contributed by atoms with E-state index in [1.807, 2.05) is 113 Å². The van der Waals surface area contributed by atoms with Crippen molar-refractivity contribution in [3.63, 3.8) is 0 Å². The van der Waals surface area contributed by atoms with Crippen LogP contribution in [0.4, 0.5) is 22.0 Å². The number of hydrogen-bond donors (Lipinski definition) is 6. The average molecular weight is 2020 g/mol. The molecule has 2 fully saturated rings. The van der Waals surface area contributed by atoms with Crippen molar-refractivity contribution in [1.29, 1.82) is 0 Å². The number of carbonyl (C=O) groups is 4. The van der Waals surface area contributed by atoms with Gasteiger partial charge in [0.2, 0.25) is 0 Å². The summed E-state index contributed by atoms with van der Waals surface area (Å²) in [5.74, 6) is -1.91. The molecule has 10 aromatic carbocycles. The van der Waals surface area contributed by atoms with Gasteiger partial charge in [-0.1, -0.05) is 69.2 Å². The number of carboxylic acid groups (broad SMARTS) is 1. The number of amides is 2. The number of hydrogen-bond acceptors (Lipinski definition) is 12. The summed E-state index contributed by atoms with van der Waals surface area (Å²) in [6, 6.07) is 45.5. The Balaban J connectivity index is 0.000000117. The molecule has 2 amide bonds. The molecule has 10 aromatic heterocycles. The van der Waals surface area contributed by atoms with Gasteiger partial charge in [0.25, 0.3) is 11.8 Å². The first-order valence-electron chi connectivity index (χ1n) is 47.4. The molecule has 0 unspecified atom stereocenters. The number of nitrogens with zero attached hydrogens (tertiary/aromatic N) is 13. The molecule has 2 aliphatic heterocycles. The molecule has 2 aliphatic rings. The van der Waals surface area contributed by atoms with E-state index < -0.39 is 5.97 Å². The van der Waals surface area contributed by atoms with Crippen LogP contribution in [-0.4, -0.2) is 184 Å². The lowest BCUT2D eigenvalue weighted by Gasteiger charge is -2.32. The zero-order valence-electron chi connectivity index (χ0n) is 81.5. The van der Waals surface area contributed by atoms with Gasteiger partial charge in [-0.3, -0.25) is 35.1 Å². The first-order valence-corrected chi connectivity index (χ1v) is 48.5. The second-order valence-corrected chi connectivity index (χ2v) is 39.1. The second kappa shape index (κ2) is 39.3. The smallest absolute Gasteiger partial charge is 0.340 e. The largest absolute Gasteiger partial charge is 0.478 e. The number of likely N-dealkylation sites (N-methyl/N-ethyl adjacent to an activating group) is 1. The topological polar surface area (TPSA) is 285 Å². The summed E-state index contributed by atoms with van der Waals surface area (Å²) in [5.41, 5.74) is 23.1. The number of nitrogens with one attached hydrogen (secondary N) is 5. The van der Waals surface area contributed by atoms with E-state index in [1.165, 1.54) is 38.9 Å². The van der Waals surface area contributed by atoms with Gasteiger partial charge < -0.3 is 52.1 Å². The number of halogens is 6. The van der Waals surface area contributed by atoms with Crippen LogP contribution in [0.5, 0.6) is 0 Å². The van der Waals surface area contributed by atoms with E-state index in [4.69, 9.17) is 9.47 Å². The van der Waals surface area contributed by atoms with Crippen molar-refractivity contribution in [2.45, 2.75) is 140 Å². The number of rotatable bonds is 15. The number of aromatic carboxylic acids is 1. The maximum atomic E-state index is 14.1. The quantitative estimate of drug-likeness (QED) is 0.0317. The second-order valence-electron chi connectivity index (χ2n) is 38.0. The minimum Gasteiger partial charge on any atom is -0.478 e. The van der Waals surface area contributed by atoms with Gasteiger partial charge in [0.05, 0.1) is 128 Å². The van der Waals surface area contributed by atoms with E-state index in [-0.39, 0.29) is 76.1 Å². The highest BCUT2D eigenvalue weighted by Crippen LogP contribution is 2.45. The van der Waals surface area contributed by atoms with Gasteiger partial charge in [-0.05, 0) is 280 Å². The third-order valence-corrected chi connectivity index (χ3v) is 27.8. The van der Waals surface area contributed by atoms with Crippen LogP contribution >= 0.6 is 22.6 Å². The lowest BCUT2D eigenvalue weighted by molar-refractivity contribution is 0.0303. The average Bonchev–Trinajstić information content (AvgIpc) is 1.48. The van der Waals surface area contributed by atoms with Crippen LogP contribution < -0.4 is 0 Å². The summed E-state index contributed by atoms with van der Waals surface area (Å²) in [4.78, 5) is 58.7. The van der Waals surface area contributed by atoms with Gasteiger partial charge in [0.1, 0.15) is 29.1 Å². The van der Waals surface area contributed by atoms with Gasteiger partial charge in [-0.25, -0.2) is 31.5 Å². The third kappa shape index (κ3) is 18.0. The molecule has 724 valence electrons. The molecule has 6 N–H and O–H groups in total. The fourth-order valence-electron chi connectivity index (χ4n) is 19.8. The number of aryl methyl sites for hydroxylation is 5. The molecule has 0 atom stereocenters. The normalized spacial score (nSPS) is 13.2. The zero-order valence-corrected chi connectivity index (χ0v) is 83.7. The number of morpholine rings is 1. The van der Waals surface area contributed by atoms with E-state index >= 15 is 0 Å². The Bertz CT molecular complexity index is 8300. The molecule has 0 spiro atoms. The fourth-order valence-corrected chi connectivity index (χ4v) is 21.1. The van der Waals surface area contributed by atoms with Gasteiger partial charge in [0.15, 0.2) is 0 Å². The van der Waals surface area contributed by atoms with E-state index in [0.717, 1.165) is 162 Å². The lowest BCUT2D eigenvalue weighted by atomic mass is 10.0. The Labute approximate surface area is 823 Å². The number of fused-ring (bicyclic) bond motifs is 10. The number of esters is 1. The Morgan fingerprint density at radius 2 is 0.617 bits per heavy atom. The van der Waals surface area contributed by atoms with Crippen molar-refractivity contribution >= 4 is 155 Å². The Kier molecular flexibility index (Phi) is 26.9. The zero-order chi connectivity index (χ0) is 99.9. The monoisotopic (exact) mass is 2020 g/mol. The summed E-state index contributed by atoms with van der Waals surface area (Å²) in [6.45, 7) is 37.0. The Morgan fingerprint density at radius 1 is 0.362 bits per heavy atom. The molecular weight excluding hydrogens is 1910 g/mol. The minimum atomic E-state index is -0.977. The van der Waals surface area contributed by atoms with Gasteiger partial charge in [0, 0.05) is 154 Å². The van der Waals surface area contributed by atoms with Crippen molar-refractivity contribution in [3.8, 4) is 28.4 Å². The minimum absolute atomic E-state index is 0.00782. The van der Waals surface area contributed by atoms with Crippen molar-refractivity contribution < 1.29 is 55.7 Å². The number of carbonyl (C=O) groups excluding carboxylic acids is 3. The van der Waals surface area contributed by atoms with Crippen LogP contribution in [0.25, 0.3) is 137 Å². The summed E-state index contributed by atoms with van der Waals surface area (Å²) in [7, 11) is 2.08. The van der Waals surface area contributed by atoms with Crippen LogP contribution in [0.3, 0.4) is 0 Å². The van der Waals surface area contributed by atoms with Gasteiger partial charge in [-0.2, -0.15) is 25.5 Å². The summed E-state index contributed by atoms with van der Waals surface area (Å²) < 4.78 is 92.0. The van der Waals surface area contributed by atoms with Gasteiger partial charge in [-0.15, -0.1) is 0 Å². The van der Waals surface area contributed by atoms with Crippen LogP contribution in [-0.2, 0) is 9.47 Å². The highest BCUT2D eigenvalue weighted by Gasteiger charge is 2.36. The summed E-state index contributed by atoms with van der Waals surface area (Å²) in [5, 5.41) is 54.7. The number of H-pyrrole nitrogens is 5. The third-order valence-electron chi connectivity index (χ3n) is 26.7. The van der Waals surface area contributed by atoms with Crippen LogP contribution in [0.2, 0.25) is 0 Å². The summed E-state index contributed by atoms with van der Waals surface area (Å²) in [6.07, 6.45) is 8.86. The van der Waals surface area contributed by atoms with Crippen LogP contribution in [0.1, 0.15) is 203 Å². The number of piperazine rings is 1. The maximum Gasteiger partial charge on any atom is 0.340 e. The van der Waals surface area contributed by atoms with Gasteiger partial charge >= 0.3 is 11.9 Å². The Morgan fingerprint density at radius 3 is 0.901 bits per heavy atom. The molecule has 141 heavy (non-hydrogen) atoms. The predicted octanol–water partition coefficient (Wildman–Crippen LogP) is 24.7. The molecule has 0 aliphatic carbocycles. The molecule has 0 saturated carbocycles. The van der Waals surface area contributed by atoms with E-state index in [0.29, 0.717) is 102 Å². The highest BCUT2D eigenvalue weighted by atomic mass is 127. The standard InChI is InChI=1S/C25H28FN5O.C24H25FN4O2.C22H22FN3O2.C20H18FN3O2.C19H17FIN3/c1-15(2)24-23(25(32)30-9-7-29(4)8-10-30)19-13-21-17(14-27-28-21)12-22(19)31(24)18-5-6-20(26)16(3)11-18;1-14(2)23-22(24(30)28-6-8-31-9-7-28)18-12-20-16(13-26-27-20)11-21(18)29(23)17-4-5-19(25)15(3)10-17;1-5-28-22(27)20-16-10-18-14(11-24-25-18)9-19(16)26(21(20)12(2)3)15-6-7-17(23)13(4)8-15;1-10(2)19-18(20(25)26)14-8-16-12(9-22-23-16)7-17(14)24(19)13-4-5-15(21)11(3)6-13;1-10(2)19-18(21)14-8-16-12(9-22-23-16)7-17(14)24(19)13-4-5-15(20)11(3)6-13/h5-6,11-15H,7-10H2,1-4H3,(H,27,28);4-5,10-14H,6-9H2,1-3H3,(H,26,27);6-12H,5H2,1-4H3,(H,24,25);4-10H,1-3H3,(H,22,23)(H,25,26);4-10H,1-3H3,(H,22,23).